The zero-order chi connectivity index (χ0) is 31.3. The second-order valence-corrected chi connectivity index (χ2v) is 13.2. The number of nitrogens with one attached hydrogen (secondary N) is 2. The van der Waals surface area contributed by atoms with Crippen molar-refractivity contribution in [2.24, 2.45) is 11.3 Å². The molecule has 236 valence electrons. The van der Waals surface area contributed by atoms with Crippen LogP contribution >= 0.6 is 11.3 Å². The predicted octanol–water partition coefficient (Wildman–Crippen LogP) is 7.03. The van der Waals surface area contributed by atoms with Crippen LogP contribution in [0.25, 0.3) is 0 Å². The number of nitrogens with zero attached hydrogens (tertiary/aromatic N) is 2. The van der Waals surface area contributed by atoms with E-state index >= 15 is 0 Å². The number of carbonyl (C=O) groups is 2. The Labute approximate surface area is 257 Å². The first kappa shape index (κ1) is 35.7. The molecule has 1 amide bonds. The van der Waals surface area contributed by atoms with Crippen molar-refractivity contribution in [1.82, 2.24) is 15.2 Å². The maximum absolute atomic E-state index is 13.4. The molecule has 0 aliphatic carbocycles. The molecule has 0 spiro atoms. The molecule has 1 aromatic carbocycles. The van der Waals surface area contributed by atoms with Gasteiger partial charge in [0.1, 0.15) is 16.8 Å². The van der Waals surface area contributed by atoms with E-state index in [0.29, 0.717) is 37.1 Å². The van der Waals surface area contributed by atoms with Gasteiger partial charge >= 0.3 is 5.97 Å². The molecule has 0 saturated heterocycles. The highest BCUT2D eigenvalue weighted by atomic mass is 32.1. The summed E-state index contributed by atoms with van der Waals surface area (Å²) in [5.41, 5.74) is 1.36. The summed E-state index contributed by atoms with van der Waals surface area (Å²) in [6.07, 6.45) is 6.36. The summed E-state index contributed by atoms with van der Waals surface area (Å²) in [5.74, 6) is -0.732. The SMILES string of the molecule is CCCCCCN(C)C(CC(OCC)c1nc(C(=O)NC(Cc2ccc(NC)cc2)CC(C)(C)C(=O)O)cs1)C(C)C. The van der Waals surface area contributed by atoms with Crippen molar-refractivity contribution < 1.29 is 19.4 Å². The third-order valence-electron chi connectivity index (χ3n) is 7.95. The molecular formula is C33H54N4O4S. The number of aliphatic carboxylic acids is 1. The van der Waals surface area contributed by atoms with Crippen LogP contribution in [0.3, 0.4) is 0 Å². The number of hydrogen-bond donors (Lipinski definition) is 3. The monoisotopic (exact) mass is 602 g/mol. The second kappa shape index (κ2) is 17.6. The Balaban J connectivity index is 2.19. The van der Waals surface area contributed by atoms with E-state index < -0.39 is 11.4 Å². The first-order valence-electron chi connectivity index (χ1n) is 15.5. The Bertz CT molecular complexity index is 1090. The molecule has 2 rings (SSSR count). The number of benzene rings is 1. The van der Waals surface area contributed by atoms with E-state index in [0.717, 1.165) is 29.2 Å². The fraction of sp³-hybridized carbons (Fsp3) is 0.667. The molecule has 0 aliphatic rings. The van der Waals surface area contributed by atoms with Gasteiger partial charge in [0.15, 0.2) is 0 Å². The van der Waals surface area contributed by atoms with Gasteiger partial charge in [-0.05, 0) is 83.7 Å². The minimum atomic E-state index is -0.995. The van der Waals surface area contributed by atoms with E-state index in [1.165, 1.54) is 37.0 Å². The number of carbonyl (C=O) groups excluding carboxylic acids is 1. The van der Waals surface area contributed by atoms with Gasteiger partial charge in [-0.2, -0.15) is 0 Å². The van der Waals surface area contributed by atoms with Gasteiger partial charge in [0.2, 0.25) is 0 Å². The van der Waals surface area contributed by atoms with E-state index in [-0.39, 0.29) is 18.1 Å². The molecule has 9 heteroatoms. The zero-order valence-corrected chi connectivity index (χ0v) is 27.9. The molecule has 0 bridgehead atoms. The van der Waals surface area contributed by atoms with E-state index in [1.807, 2.05) is 38.2 Å². The maximum Gasteiger partial charge on any atom is 0.309 e. The summed E-state index contributed by atoms with van der Waals surface area (Å²) in [5, 5.41) is 18.6. The molecule has 3 unspecified atom stereocenters. The Morgan fingerprint density at radius 3 is 2.38 bits per heavy atom. The van der Waals surface area contributed by atoms with Crippen molar-refractivity contribution in [3.8, 4) is 0 Å². The Morgan fingerprint density at radius 1 is 1.12 bits per heavy atom. The quantitative estimate of drug-likeness (QED) is 0.140. The summed E-state index contributed by atoms with van der Waals surface area (Å²) in [4.78, 5) is 32.5. The number of amides is 1. The van der Waals surface area contributed by atoms with Crippen molar-refractivity contribution in [2.75, 3.05) is 32.6 Å². The second-order valence-electron chi connectivity index (χ2n) is 12.3. The highest BCUT2D eigenvalue weighted by Gasteiger charge is 2.32. The van der Waals surface area contributed by atoms with Crippen LogP contribution in [0, 0.1) is 11.3 Å². The van der Waals surface area contributed by atoms with Crippen LogP contribution in [0.4, 0.5) is 5.69 Å². The number of thiazole rings is 1. The van der Waals surface area contributed by atoms with Crippen LogP contribution in [0.5, 0.6) is 0 Å². The molecular weight excluding hydrogens is 548 g/mol. The lowest BCUT2D eigenvalue weighted by Crippen LogP contribution is -2.41. The Kier molecular flexibility index (Phi) is 14.9. The van der Waals surface area contributed by atoms with Crippen LogP contribution < -0.4 is 10.6 Å². The maximum atomic E-state index is 13.4. The summed E-state index contributed by atoms with van der Waals surface area (Å²) in [6, 6.07) is 7.91. The molecule has 0 fully saturated rings. The predicted molar refractivity (Wildman–Crippen MR) is 173 cm³/mol. The van der Waals surface area contributed by atoms with Crippen molar-refractivity contribution in [1.29, 1.82) is 0 Å². The minimum Gasteiger partial charge on any atom is -0.481 e. The molecule has 2 aromatic rings. The Hall–Kier alpha value is -2.49. The molecule has 42 heavy (non-hydrogen) atoms. The summed E-state index contributed by atoms with van der Waals surface area (Å²) in [6.45, 7) is 13.7. The third kappa shape index (κ3) is 11.3. The molecule has 0 radical (unpaired) electrons. The van der Waals surface area contributed by atoms with Crippen molar-refractivity contribution >= 4 is 28.9 Å². The molecule has 8 nitrogen and oxygen atoms in total. The van der Waals surface area contributed by atoms with Crippen molar-refractivity contribution in [3.63, 3.8) is 0 Å². The van der Waals surface area contributed by atoms with Crippen molar-refractivity contribution in [3.05, 3.63) is 45.9 Å². The van der Waals surface area contributed by atoms with Gasteiger partial charge in [0, 0.05) is 36.8 Å². The number of carboxylic acids is 1. The lowest BCUT2D eigenvalue weighted by molar-refractivity contribution is -0.147. The summed E-state index contributed by atoms with van der Waals surface area (Å²) < 4.78 is 6.19. The van der Waals surface area contributed by atoms with E-state index in [9.17, 15) is 14.7 Å². The van der Waals surface area contributed by atoms with E-state index in [1.54, 1.807) is 19.2 Å². The first-order valence-corrected chi connectivity index (χ1v) is 16.4. The van der Waals surface area contributed by atoms with Crippen LogP contribution in [0.2, 0.25) is 0 Å². The van der Waals surface area contributed by atoms with Gasteiger partial charge in [-0.25, -0.2) is 4.98 Å². The largest absolute Gasteiger partial charge is 0.481 e. The topological polar surface area (TPSA) is 104 Å². The lowest BCUT2D eigenvalue weighted by atomic mass is 9.84. The molecule has 3 N–H and O–H groups in total. The molecule has 1 aromatic heterocycles. The lowest BCUT2D eigenvalue weighted by Gasteiger charge is -2.33. The molecule has 0 saturated carbocycles. The zero-order valence-electron chi connectivity index (χ0n) is 27.0. The number of hydrogen-bond acceptors (Lipinski definition) is 7. The van der Waals surface area contributed by atoms with Crippen LogP contribution in [-0.2, 0) is 16.0 Å². The fourth-order valence-corrected chi connectivity index (χ4v) is 6.20. The third-order valence-corrected chi connectivity index (χ3v) is 8.89. The van der Waals surface area contributed by atoms with E-state index in [2.05, 4.69) is 43.4 Å². The normalized spacial score (nSPS) is 14.1. The summed E-state index contributed by atoms with van der Waals surface area (Å²) in [7, 11) is 4.06. The summed E-state index contributed by atoms with van der Waals surface area (Å²) >= 11 is 1.45. The van der Waals surface area contributed by atoms with Gasteiger partial charge in [-0.3, -0.25) is 9.59 Å². The average Bonchev–Trinajstić information content (AvgIpc) is 3.43. The van der Waals surface area contributed by atoms with Crippen LogP contribution in [0.1, 0.15) is 107 Å². The number of carboxylic acid groups (broad SMARTS) is 1. The van der Waals surface area contributed by atoms with Gasteiger partial charge in [-0.1, -0.05) is 52.2 Å². The number of unbranched alkanes of at least 4 members (excludes halogenated alkanes) is 3. The van der Waals surface area contributed by atoms with Gasteiger partial charge in [-0.15, -0.1) is 11.3 Å². The van der Waals surface area contributed by atoms with E-state index in [4.69, 9.17) is 9.72 Å². The van der Waals surface area contributed by atoms with Gasteiger partial charge < -0.3 is 25.4 Å². The van der Waals surface area contributed by atoms with Gasteiger partial charge in [0.05, 0.1) is 5.41 Å². The highest BCUT2D eigenvalue weighted by molar-refractivity contribution is 7.09. The molecule has 1 heterocycles. The van der Waals surface area contributed by atoms with Crippen molar-refractivity contribution in [2.45, 2.75) is 105 Å². The number of aromatic nitrogens is 1. The molecule has 0 aliphatic heterocycles. The van der Waals surface area contributed by atoms with Crippen LogP contribution in [0.15, 0.2) is 29.6 Å². The average molecular weight is 603 g/mol. The smallest absolute Gasteiger partial charge is 0.309 e. The Morgan fingerprint density at radius 2 is 1.81 bits per heavy atom. The first-order chi connectivity index (χ1) is 19.9. The number of anilines is 1. The van der Waals surface area contributed by atoms with Gasteiger partial charge in [0.25, 0.3) is 5.91 Å². The highest BCUT2D eigenvalue weighted by Crippen LogP contribution is 2.31. The standard InChI is InChI=1S/C33H54N4O4S/c1-9-11-12-13-18-37(8)28(23(3)4)20-29(41-10-2)31-36-27(22-42-31)30(38)35-26(21-33(5,6)32(39)40)19-24-14-16-25(34-7)17-15-24/h14-17,22-23,26,28-29,34H,9-13,18-21H2,1-8H3,(H,35,38)(H,39,40). The number of rotatable bonds is 20. The van der Waals surface area contributed by atoms with Crippen LogP contribution in [-0.4, -0.2) is 66.2 Å². The molecule has 3 atom stereocenters. The fourth-order valence-electron chi connectivity index (χ4n) is 5.34. The number of ether oxygens (including phenoxy) is 1. The minimum absolute atomic E-state index is 0.195.